The molecule has 4 aromatic rings. The molecular weight excluding hydrogens is 809 g/mol. The molecule has 10 nitrogen and oxygen atoms in total. The van der Waals surface area contributed by atoms with Crippen LogP contribution in [-0.2, 0) is 29.1 Å². The van der Waals surface area contributed by atoms with Crippen LogP contribution in [0.1, 0.15) is 130 Å². The summed E-state index contributed by atoms with van der Waals surface area (Å²) in [5.41, 5.74) is 2.06. The van der Waals surface area contributed by atoms with E-state index in [1.54, 1.807) is 0 Å². The lowest BCUT2D eigenvalue weighted by molar-refractivity contribution is -0.151. The predicted octanol–water partition coefficient (Wildman–Crippen LogP) is 10.6. The van der Waals surface area contributed by atoms with Gasteiger partial charge in [-0.2, -0.15) is 0 Å². The van der Waals surface area contributed by atoms with Gasteiger partial charge in [-0.3, -0.25) is 19.4 Å². The second-order valence-electron chi connectivity index (χ2n) is 20.7. The minimum absolute atomic E-state index is 0.158. The molecular formula is C55H70N6O4. The van der Waals surface area contributed by atoms with Crippen LogP contribution in [0.5, 0.6) is 0 Å². The van der Waals surface area contributed by atoms with Crippen molar-refractivity contribution in [2.24, 2.45) is 11.8 Å². The number of hydrogen-bond donors (Lipinski definition) is 2. The highest BCUT2D eigenvalue weighted by atomic mass is 16.2. The van der Waals surface area contributed by atoms with Crippen molar-refractivity contribution in [1.29, 1.82) is 0 Å². The van der Waals surface area contributed by atoms with E-state index >= 15 is 0 Å². The van der Waals surface area contributed by atoms with E-state index in [-0.39, 0.29) is 57.9 Å². The summed E-state index contributed by atoms with van der Waals surface area (Å²) >= 11 is 0. The molecule has 0 aromatic heterocycles. The number of benzene rings is 4. The molecule has 4 saturated heterocycles. The summed E-state index contributed by atoms with van der Waals surface area (Å²) in [6.45, 7) is 23.6. The number of anilines is 2. The maximum absolute atomic E-state index is 14.8. The van der Waals surface area contributed by atoms with E-state index in [0.29, 0.717) is 30.6 Å². The van der Waals surface area contributed by atoms with Crippen LogP contribution in [0.2, 0.25) is 0 Å². The van der Waals surface area contributed by atoms with Crippen molar-refractivity contribution in [2.75, 3.05) is 9.80 Å². The second kappa shape index (κ2) is 16.8. The fourth-order valence-electron chi connectivity index (χ4n) is 12.6. The summed E-state index contributed by atoms with van der Waals surface area (Å²) in [7, 11) is 0. The van der Waals surface area contributed by atoms with E-state index in [1.807, 2.05) is 60.7 Å². The third kappa shape index (κ3) is 7.30. The Hall–Kier alpha value is -5.32. The quantitative estimate of drug-likeness (QED) is 0.137. The number of carbonyl (C=O) groups is 4. The Morgan fingerprint density at radius 2 is 0.815 bits per heavy atom. The average Bonchev–Trinajstić information content (AvgIpc) is 3.71. The number of likely N-dealkylation sites (tertiary alicyclic amines) is 2. The Morgan fingerprint density at radius 3 is 1.12 bits per heavy atom. The first kappa shape index (κ1) is 46.2. The number of hydrogen-bond acceptors (Lipinski definition) is 6. The van der Waals surface area contributed by atoms with Crippen LogP contribution in [0.15, 0.2) is 109 Å². The number of carbonyl (C=O) groups excluding carboxylic acids is 4. The van der Waals surface area contributed by atoms with Gasteiger partial charge in [-0.25, -0.2) is 19.4 Å². The monoisotopic (exact) mass is 879 g/mol. The van der Waals surface area contributed by atoms with Crippen molar-refractivity contribution in [1.82, 2.24) is 20.4 Å². The molecule has 0 radical (unpaired) electrons. The molecule has 4 heterocycles. The van der Waals surface area contributed by atoms with Gasteiger partial charge in [0.2, 0.25) is 0 Å². The summed E-state index contributed by atoms with van der Waals surface area (Å²) in [6.07, 6.45) is 4.93. The topological polar surface area (TPSA) is 105 Å². The zero-order valence-electron chi connectivity index (χ0n) is 40.3. The maximum Gasteiger partial charge on any atom is 0.329 e. The predicted molar refractivity (Wildman–Crippen MR) is 260 cm³/mol. The second-order valence-corrected chi connectivity index (χ2v) is 20.7. The van der Waals surface area contributed by atoms with Crippen molar-refractivity contribution in [3.05, 3.63) is 131 Å². The van der Waals surface area contributed by atoms with Gasteiger partial charge in [0, 0.05) is 47.1 Å². The Kier molecular flexibility index (Phi) is 12.0. The van der Waals surface area contributed by atoms with E-state index in [4.69, 9.17) is 0 Å². The zero-order chi connectivity index (χ0) is 46.7. The zero-order valence-corrected chi connectivity index (χ0v) is 40.3. The number of nitrogens with zero attached hydrogens (tertiary/aromatic N) is 4. The summed E-state index contributed by atoms with van der Waals surface area (Å²) in [6, 6.07) is 35.6. The SMILES string of the molecule is CCC1(C)CC2(NC(=O)N(c3ccc(Cc4ccc(N5C(=O)NC6(CC(C)(CC)N(Cc7ccccc7)C(C)(CC)C6C)C5=O)cc4)cc3)C2=O)C(C)C(C)(CC)N1Cc1ccccc1. The number of imide groups is 2. The normalized spacial score (nSPS) is 33.0. The van der Waals surface area contributed by atoms with Gasteiger partial charge in [0.05, 0.1) is 11.4 Å². The highest BCUT2D eigenvalue weighted by molar-refractivity contribution is 6.24. The molecule has 0 bridgehead atoms. The molecule has 4 fully saturated rings. The van der Waals surface area contributed by atoms with Crippen molar-refractivity contribution < 1.29 is 19.2 Å². The van der Waals surface area contributed by atoms with Crippen LogP contribution in [0, 0.1) is 11.8 Å². The Balaban J connectivity index is 0.979. The minimum Gasteiger partial charge on any atom is -0.322 e. The molecule has 8 atom stereocenters. The summed E-state index contributed by atoms with van der Waals surface area (Å²) in [4.78, 5) is 65.4. The Bertz CT molecular complexity index is 2260. The molecule has 344 valence electrons. The first-order valence-corrected chi connectivity index (χ1v) is 24.0. The highest BCUT2D eigenvalue weighted by Gasteiger charge is 2.68. The summed E-state index contributed by atoms with van der Waals surface area (Å²) < 4.78 is 0. The van der Waals surface area contributed by atoms with Crippen molar-refractivity contribution in [3.63, 3.8) is 0 Å². The van der Waals surface area contributed by atoms with Gasteiger partial charge in [-0.15, -0.1) is 0 Å². The van der Waals surface area contributed by atoms with Crippen molar-refractivity contribution in [2.45, 2.75) is 161 Å². The summed E-state index contributed by atoms with van der Waals surface area (Å²) in [5, 5.41) is 6.54. The van der Waals surface area contributed by atoms with Gasteiger partial charge in [0.25, 0.3) is 11.8 Å². The van der Waals surface area contributed by atoms with Crippen LogP contribution < -0.4 is 20.4 Å². The molecule has 4 aliphatic heterocycles. The third-order valence-electron chi connectivity index (χ3n) is 17.6. The molecule has 10 heteroatoms. The smallest absolute Gasteiger partial charge is 0.322 e. The number of nitrogens with one attached hydrogen (secondary N) is 2. The van der Waals surface area contributed by atoms with E-state index in [0.717, 1.165) is 49.9 Å². The van der Waals surface area contributed by atoms with E-state index in [9.17, 15) is 19.2 Å². The van der Waals surface area contributed by atoms with Gasteiger partial charge in [-0.1, -0.05) is 126 Å². The third-order valence-corrected chi connectivity index (χ3v) is 17.6. The first-order valence-electron chi connectivity index (χ1n) is 24.0. The highest BCUT2D eigenvalue weighted by Crippen LogP contribution is 2.55. The lowest BCUT2D eigenvalue weighted by Gasteiger charge is -2.63. The van der Waals surface area contributed by atoms with Gasteiger partial charge >= 0.3 is 12.1 Å². The molecule has 2 N–H and O–H groups in total. The summed E-state index contributed by atoms with van der Waals surface area (Å²) in [5.74, 6) is -0.696. The fourth-order valence-corrected chi connectivity index (χ4v) is 12.6. The number of urea groups is 2. The van der Waals surface area contributed by atoms with E-state index in [1.165, 1.54) is 20.9 Å². The van der Waals surface area contributed by atoms with Crippen LogP contribution in [0.3, 0.4) is 0 Å². The molecule has 0 aliphatic carbocycles. The molecule has 6 amide bonds. The first-order chi connectivity index (χ1) is 30.9. The molecule has 8 unspecified atom stereocenters. The maximum atomic E-state index is 14.8. The number of rotatable bonds is 12. The minimum atomic E-state index is -1.05. The van der Waals surface area contributed by atoms with Crippen LogP contribution in [0.25, 0.3) is 0 Å². The van der Waals surface area contributed by atoms with Gasteiger partial charge in [0.15, 0.2) is 0 Å². The molecule has 8 rings (SSSR count). The van der Waals surface area contributed by atoms with E-state index in [2.05, 4.69) is 138 Å². The molecule has 4 aliphatic rings. The number of amides is 6. The lowest BCUT2D eigenvalue weighted by atomic mass is 9.59. The van der Waals surface area contributed by atoms with Crippen LogP contribution in [-0.4, -0.2) is 66.9 Å². The largest absolute Gasteiger partial charge is 0.329 e. The number of piperidine rings is 2. The fraction of sp³-hybridized carbons (Fsp3) is 0.491. The molecule has 2 spiro atoms. The van der Waals surface area contributed by atoms with Crippen LogP contribution in [0.4, 0.5) is 21.0 Å². The van der Waals surface area contributed by atoms with Crippen molar-refractivity contribution >= 4 is 35.3 Å². The molecule has 4 aromatic carbocycles. The van der Waals surface area contributed by atoms with Gasteiger partial charge in [0.1, 0.15) is 11.1 Å². The molecule has 65 heavy (non-hydrogen) atoms. The lowest BCUT2D eigenvalue weighted by Crippen LogP contribution is -2.75. The van der Waals surface area contributed by atoms with Gasteiger partial charge in [-0.05, 0) is 119 Å². The van der Waals surface area contributed by atoms with Crippen molar-refractivity contribution in [3.8, 4) is 0 Å². The Morgan fingerprint density at radius 1 is 0.477 bits per heavy atom. The van der Waals surface area contributed by atoms with Gasteiger partial charge < -0.3 is 10.6 Å². The Labute approximate surface area is 387 Å². The van der Waals surface area contributed by atoms with E-state index < -0.39 is 11.1 Å². The molecule has 0 saturated carbocycles. The standard InChI is InChI=1S/C55H70N6O4/c1-11-50(7)36-54(38(5)52(9,13-3)58(50)34-42-21-17-15-18-22-42)46(62)60(48(64)56-54)44-29-25-40(26-30-44)33-41-27-31-45(32-28-41)61-47(63)55(57-49(61)65)37-51(8,12-2)59(53(10,14-4)39(55)6)35-43-23-19-16-20-24-43/h15-32,38-39H,11-14,33-37H2,1-10H3,(H,56,64)(H,57,65). The van der Waals surface area contributed by atoms with Crippen LogP contribution >= 0.6 is 0 Å². The average molecular weight is 879 g/mol.